The van der Waals surface area contributed by atoms with E-state index in [9.17, 15) is 18.0 Å². The van der Waals surface area contributed by atoms with E-state index in [1.165, 1.54) is 31.3 Å². The fourth-order valence-electron chi connectivity index (χ4n) is 3.81. The van der Waals surface area contributed by atoms with Gasteiger partial charge in [0.15, 0.2) is 11.5 Å². The molecule has 2 aromatic carbocycles. The van der Waals surface area contributed by atoms with Crippen LogP contribution in [0.5, 0.6) is 11.5 Å². The highest BCUT2D eigenvalue weighted by Gasteiger charge is 2.32. The summed E-state index contributed by atoms with van der Waals surface area (Å²) in [6.45, 7) is 3.94. The standard InChI is InChI=1S/C26H36ClN3O6S/c1-6-8-15-28-26(32)22(7-2)29(17-19-9-11-20(27)12-10-19)25(31)18-30(37(5,33)34)21-13-14-23(35-3)24(16-21)36-4/h9-14,16,22H,6-8,15,17-18H2,1-5H3,(H,28,32)/t22-/m1/s1. The Morgan fingerprint density at radius 2 is 1.68 bits per heavy atom. The van der Waals surface area contributed by atoms with E-state index < -0.39 is 28.5 Å². The number of carbonyl (C=O) groups is 2. The number of amides is 2. The predicted molar refractivity (Wildman–Crippen MR) is 146 cm³/mol. The molecule has 0 bridgehead atoms. The SMILES string of the molecule is CCCCNC(=O)[C@@H](CC)N(Cc1ccc(Cl)cc1)C(=O)CN(c1ccc(OC)c(OC)c1)S(C)(=O)=O. The maximum atomic E-state index is 13.7. The average molecular weight is 554 g/mol. The lowest BCUT2D eigenvalue weighted by molar-refractivity contribution is -0.140. The van der Waals surface area contributed by atoms with Crippen LogP contribution in [0.15, 0.2) is 42.5 Å². The Bertz CT molecular complexity index is 1160. The van der Waals surface area contributed by atoms with Crippen molar-refractivity contribution in [2.24, 2.45) is 0 Å². The Hall–Kier alpha value is -2.98. The van der Waals surface area contributed by atoms with Crippen molar-refractivity contribution in [3.05, 3.63) is 53.1 Å². The number of nitrogens with zero attached hydrogens (tertiary/aromatic N) is 2. The molecule has 0 radical (unpaired) electrons. The van der Waals surface area contributed by atoms with Gasteiger partial charge in [-0.25, -0.2) is 8.42 Å². The fraction of sp³-hybridized carbons (Fsp3) is 0.462. The number of nitrogens with one attached hydrogen (secondary N) is 1. The minimum atomic E-state index is -3.87. The predicted octanol–water partition coefficient (Wildman–Crippen LogP) is 3.85. The van der Waals surface area contributed by atoms with Gasteiger partial charge in [0.1, 0.15) is 12.6 Å². The molecule has 1 N–H and O–H groups in total. The van der Waals surface area contributed by atoms with Crippen molar-refractivity contribution in [1.82, 2.24) is 10.2 Å². The van der Waals surface area contributed by atoms with Crippen LogP contribution in [0.3, 0.4) is 0 Å². The van der Waals surface area contributed by atoms with Crippen molar-refractivity contribution in [2.45, 2.75) is 45.7 Å². The molecule has 0 spiro atoms. The van der Waals surface area contributed by atoms with Crippen LogP contribution >= 0.6 is 11.6 Å². The minimum absolute atomic E-state index is 0.110. The summed E-state index contributed by atoms with van der Waals surface area (Å²) in [6.07, 6.45) is 3.11. The van der Waals surface area contributed by atoms with Gasteiger partial charge in [0, 0.05) is 24.2 Å². The molecule has 0 unspecified atom stereocenters. The summed E-state index contributed by atoms with van der Waals surface area (Å²) in [5.74, 6) is -0.0611. The van der Waals surface area contributed by atoms with Gasteiger partial charge in [0.05, 0.1) is 26.2 Å². The minimum Gasteiger partial charge on any atom is -0.493 e. The monoisotopic (exact) mass is 553 g/mol. The molecular formula is C26H36ClN3O6S. The Labute approximate surface area is 224 Å². The molecule has 2 rings (SSSR count). The highest BCUT2D eigenvalue weighted by molar-refractivity contribution is 7.92. The van der Waals surface area contributed by atoms with Crippen molar-refractivity contribution < 1.29 is 27.5 Å². The summed E-state index contributed by atoms with van der Waals surface area (Å²) in [5.41, 5.74) is 0.995. The molecule has 204 valence electrons. The fourth-order valence-corrected chi connectivity index (χ4v) is 4.77. The molecule has 11 heteroatoms. The number of benzene rings is 2. The van der Waals surface area contributed by atoms with Gasteiger partial charge in [0.25, 0.3) is 0 Å². The summed E-state index contributed by atoms with van der Waals surface area (Å²) in [5, 5.41) is 3.44. The molecule has 0 saturated heterocycles. The first-order valence-corrected chi connectivity index (χ1v) is 14.3. The number of anilines is 1. The summed E-state index contributed by atoms with van der Waals surface area (Å²) in [6, 6.07) is 10.8. The van der Waals surface area contributed by atoms with Crippen molar-refractivity contribution >= 4 is 39.1 Å². The Kier molecular flexibility index (Phi) is 11.5. The molecule has 1 atom stereocenters. The van der Waals surface area contributed by atoms with Crippen LogP contribution in [0.2, 0.25) is 5.02 Å². The van der Waals surface area contributed by atoms with Gasteiger partial charge in [-0.1, -0.05) is 44.0 Å². The average Bonchev–Trinajstić information content (AvgIpc) is 2.87. The number of sulfonamides is 1. The molecule has 2 amide bonds. The normalized spacial score (nSPS) is 11.9. The summed E-state index contributed by atoms with van der Waals surface area (Å²) < 4.78 is 37.1. The lowest BCUT2D eigenvalue weighted by Crippen LogP contribution is -2.52. The smallest absolute Gasteiger partial charge is 0.244 e. The zero-order valence-electron chi connectivity index (χ0n) is 22.0. The van der Waals surface area contributed by atoms with E-state index in [1.807, 2.05) is 13.8 Å². The van der Waals surface area contributed by atoms with Gasteiger partial charge in [-0.2, -0.15) is 0 Å². The van der Waals surface area contributed by atoms with Gasteiger partial charge in [-0.05, 0) is 42.7 Å². The zero-order valence-corrected chi connectivity index (χ0v) is 23.6. The number of unbranched alkanes of at least 4 members (excludes halogenated alkanes) is 1. The third kappa shape index (κ3) is 8.53. The Morgan fingerprint density at radius 1 is 1.03 bits per heavy atom. The van der Waals surface area contributed by atoms with Crippen molar-refractivity contribution in [1.29, 1.82) is 0 Å². The first-order chi connectivity index (χ1) is 17.5. The molecule has 37 heavy (non-hydrogen) atoms. The van der Waals surface area contributed by atoms with E-state index in [0.29, 0.717) is 29.5 Å². The highest BCUT2D eigenvalue weighted by Crippen LogP contribution is 2.32. The van der Waals surface area contributed by atoms with E-state index in [4.69, 9.17) is 21.1 Å². The van der Waals surface area contributed by atoms with E-state index in [-0.39, 0.29) is 18.1 Å². The maximum absolute atomic E-state index is 13.7. The third-order valence-electron chi connectivity index (χ3n) is 5.82. The number of halogens is 1. The molecule has 0 aliphatic carbocycles. The number of methoxy groups -OCH3 is 2. The lowest BCUT2D eigenvalue weighted by atomic mass is 10.1. The number of rotatable bonds is 14. The van der Waals surface area contributed by atoms with Crippen molar-refractivity contribution in [3.63, 3.8) is 0 Å². The maximum Gasteiger partial charge on any atom is 0.244 e. The van der Waals surface area contributed by atoms with Gasteiger partial charge in [-0.15, -0.1) is 0 Å². The molecule has 0 saturated carbocycles. The van der Waals surface area contributed by atoms with Gasteiger partial charge in [-0.3, -0.25) is 13.9 Å². The summed E-state index contributed by atoms with van der Waals surface area (Å²) in [4.78, 5) is 28.2. The van der Waals surface area contributed by atoms with Gasteiger partial charge >= 0.3 is 0 Å². The van der Waals surface area contributed by atoms with Crippen molar-refractivity contribution in [2.75, 3.05) is 37.9 Å². The summed E-state index contributed by atoms with van der Waals surface area (Å²) in [7, 11) is -0.957. The van der Waals surface area contributed by atoms with E-state index in [2.05, 4.69) is 5.32 Å². The third-order valence-corrected chi connectivity index (χ3v) is 7.21. The van der Waals surface area contributed by atoms with Crippen LogP contribution in [0.1, 0.15) is 38.7 Å². The quantitative estimate of drug-likeness (QED) is 0.356. The van der Waals surface area contributed by atoms with Gasteiger partial charge < -0.3 is 19.7 Å². The molecule has 9 nitrogen and oxygen atoms in total. The lowest BCUT2D eigenvalue weighted by Gasteiger charge is -2.33. The number of hydrogen-bond acceptors (Lipinski definition) is 6. The van der Waals surface area contributed by atoms with Crippen LogP contribution in [-0.4, -0.2) is 64.7 Å². The second-order valence-electron chi connectivity index (χ2n) is 8.53. The van der Waals surface area contributed by atoms with Crippen molar-refractivity contribution in [3.8, 4) is 11.5 Å². The van der Waals surface area contributed by atoms with Crippen LogP contribution in [0.25, 0.3) is 0 Å². The number of carbonyl (C=O) groups excluding carboxylic acids is 2. The second kappa shape index (κ2) is 14.1. The molecule has 0 aromatic heterocycles. The first-order valence-electron chi connectivity index (χ1n) is 12.1. The molecule has 0 aliphatic heterocycles. The molecule has 0 fully saturated rings. The van der Waals surface area contributed by atoms with Crippen LogP contribution in [-0.2, 0) is 26.2 Å². The van der Waals surface area contributed by atoms with Gasteiger partial charge in [0.2, 0.25) is 21.8 Å². The molecule has 2 aromatic rings. The topological polar surface area (TPSA) is 105 Å². The Morgan fingerprint density at radius 3 is 2.22 bits per heavy atom. The molecular weight excluding hydrogens is 518 g/mol. The van der Waals surface area contributed by atoms with E-state index >= 15 is 0 Å². The second-order valence-corrected chi connectivity index (χ2v) is 10.9. The van der Waals surface area contributed by atoms with E-state index in [0.717, 1.165) is 29.0 Å². The number of ether oxygens (including phenoxy) is 2. The first kappa shape index (κ1) is 30.2. The highest BCUT2D eigenvalue weighted by atomic mass is 35.5. The molecule has 0 aliphatic rings. The van der Waals surface area contributed by atoms with Crippen LogP contribution < -0.4 is 19.1 Å². The Balaban J connectivity index is 2.44. The molecule has 0 heterocycles. The van der Waals surface area contributed by atoms with E-state index in [1.54, 1.807) is 30.3 Å². The summed E-state index contributed by atoms with van der Waals surface area (Å²) >= 11 is 6.02. The van der Waals surface area contributed by atoms with Crippen LogP contribution in [0, 0.1) is 0 Å². The zero-order chi connectivity index (χ0) is 27.6. The van der Waals surface area contributed by atoms with Crippen LogP contribution in [0.4, 0.5) is 5.69 Å². The number of hydrogen-bond donors (Lipinski definition) is 1. The largest absolute Gasteiger partial charge is 0.493 e.